The van der Waals surface area contributed by atoms with E-state index in [0.717, 1.165) is 56.6 Å². The maximum absolute atomic E-state index is 12.4. The lowest BCUT2D eigenvalue weighted by atomic mass is 10.0. The Morgan fingerprint density at radius 3 is 2.56 bits per heavy atom. The van der Waals surface area contributed by atoms with E-state index < -0.39 is 5.60 Å². The Bertz CT molecular complexity index is 513. The Morgan fingerprint density at radius 2 is 1.93 bits per heavy atom. The van der Waals surface area contributed by atoms with Crippen molar-refractivity contribution in [1.29, 1.82) is 0 Å². The Hall–Kier alpha value is -1.03. The van der Waals surface area contributed by atoms with Crippen LogP contribution in [0.1, 0.15) is 13.3 Å². The fourth-order valence-corrected chi connectivity index (χ4v) is 4.88. The van der Waals surface area contributed by atoms with Gasteiger partial charge in [-0.2, -0.15) is 11.8 Å². The zero-order valence-corrected chi connectivity index (χ0v) is 17.2. The minimum atomic E-state index is -0.655. The molecule has 3 rings (SSSR count). The summed E-state index contributed by atoms with van der Waals surface area (Å²) in [6.45, 7) is 9.89. The van der Waals surface area contributed by atoms with Gasteiger partial charge in [0.05, 0.1) is 31.9 Å². The molecule has 0 aromatic heterocycles. The highest BCUT2D eigenvalue weighted by Gasteiger charge is 2.32. The standard InChI is InChI=1S/C18H33N5O3S/c1-2-19-17(20-14-18(25)3-12-27-15-18)23-6-4-21(5-7-23)13-16(24)22-8-10-26-11-9-22/h25H,2-15H2,1H3,(H,19,20). The molecule has 9 heteroatoms. The first kappa shape index (κ1) is 20.7. The molecule has 1 amide bonds. The molecular weight excluding hydrogens is 366 g/mol. The van der Waals surface area contributed by atoms with Gasteiger partial charge in [-0.1, -0.05) is 0 Å². The van der Waals surface area contributed by atoms with E-state index in [0.29, 0.717) is 39.4 Å². The number of amides is 1. The largest absolute Gasteiger partial charge is 0.387 e. The predicted molar refractivity (Wildman–Crippen MR) is 108 cm³/mol. The molecule has 2 N–H and O–H groups in total. The van der Waals surface area contributed by atoms with Gasteiger partial charge >= 0.3 is 0 Å². The molecule has 27 heavy (non-hydrogen) atoms. The Labute approximate surface area is 166 Å². The van der Waals surface area contributed by atoms with Crippen LogP contribution in [0.5, 0.6) is 0 Å². The summed E-state index contributed by atoms with van der Waals surface area (Å²) >= 11 is 1.80. The molecule has 1 atom stereocenters. The summed E-state index contributed by atoms with van der Waals surface area (Å²) in [5.41, 5.74) is -0.655. The summed E-state index contributed by atoms with van der Waals surface area (Å²) in [7, 11) is 0. The third-order valence-electron chi connectivity index (χ3n) is 5.34. The minimum Gasteiger partial charge on any atom is -0.387 e. The fourth-order valence-electron chi connectivity index (χ4n) is 3.59. The highest BCUT2D eigenvalue weighted by atomic mass is 32.2. The summed E-state index contributed by atoms with van der Waals surface area (Å²) in [6.07, 6.45) is 0.817. The van der Waals surface area contributed by atoms with E-state index in [1.165, 1.54) is 0 Å². The summed E-state index contributed by atoms with van der Waals surface area (Å²) in [4.78, 5) is 23.5. The van der Waals surface area contributed by atoms with Crippen molar-refractivity contribution < 1.29 is 14.6 Å². The van der Waals surface area contributed by atoms with Crippen LogP contribution < -0.4 is 5.32 Å². The second kappa shape index (κ2) is 9.95. The normalized spacial score (nSPS) is 27.9. The Morgan fingerprint density at radius 1 is 1.19 bits per heavy atom. The number of hydrogen-bond acceptors (Lipinski definition) is 6. The number of aliphatic hydroxyl groups is 1. The monoisotopic (exact) mass is 399 g/mol. The van der Waals surface area contributed by atoms with Crippen LogP contribution in [0.4, 0.5) is 0 Å². The quantitative estimate of drug-likeness (QED) is 0.467. The molecule has 0 bridgehead atoms. The van der Waals surface area contributed by atoms with E-state index in [9.17, 15) is 9.90 Å². The number of piperazine rings is 1. The highest BCUT2D eigenvalue weighted by Crippen LogP contribution is 2.28. The maximum atomic E-state index is 12.4. The highest BCUT2D eigenvalue weighted by molar-refractivity contribution is 7.99. The van der Waals surface area contributed by atoms with Crippen LogP contribution in [0, 0.1) is 0 Å². The average Bonchev–Trinajstić information content (AvgIpc) is 3.13. The van der Waals surface area contributed by atoms with Crippen LogP contribution in [0.25, 0.3) is 0 Å². The van der Waals surface area contributed by atoms with Gasteiger partial charge in [-0.15, -0.1) is 0 Å². The molecule has 0 radical (unpaired) electrons. The van der Waals surface area contributed by atoms with Gasteiger partial charge < -0.3 is 25.0 Å². The van der Waals surface area contributed by atoms with Crippen molar-refractivity contribution in [3.63, 3.8) is 0 Å². The summed E-state index contributed by atoms with van der Waals surface area (Å²) < 4.78 is 5.32. The van der Waals surface area contributed by atoms with Crippen LogP contribution in [-0.4, -0.2) is 121 Å². The number of ether oxygens (including phenoxy) is 1. The zero-order valence-electron chi connectivity index (χ0n) is 16.4. The first-order chi connectivity index (χ1) is 13.1. The number of carbonyl (C=O) groups excluding carboxylic acids is 1. The van der Waals surface area contributed by atoms with Crippen LogP contribution in [0.15, 0.2) is 4.99 Å². The van der Waals surface area contributed by atoms with E-state index in [4.69, 9.17) is 9.73 Å². The maximum Gasteiger partial charge on any atom is 0.236 e. The third kappa shape index (κ3) is 5.97. The number of aliphatic imine (C=N–C) groups is 1. The molecule has 154 valence electrons. The molecule has 3 saturated heterocycles. The topological polar surface area (TPSA) is 80.6 Å². The second-order valence-corrected chi connectivity index (χ2v) is 8.56. The van der Waals surface area contributed by atoms with Gasteiger partial charge in [-0.3, -0.25) is 14.7 Å². The van der Waals surface area contributed by atoms with Crippen molar-refractivity contribution in [1.82, 2.24) is 20.0 Å². The molecular formula is C18H33N5O3S. The number of nitrogens with one attached hydrogen (secondary N) is 1. The third-order valence-corrected chi connectivity index (χ3v) is 6.57. The summed E-state index contributed by atoms with van der Waals surface area (Å²) in [5.74, 6) is 2.86. The van der Waals surface area contributed by atoms with Crippen molar-refractivity contribution in [2.75, 3.05) is 83.6 Å². The molecule has 0 aromatic rings. The van der Waals surface area contributed by atoms with E-state index in [-0.39, 0.29) is 5.91 Å². The first-order valence-corrected chi connectivity index (χ1v) is 11.2. The zero-order chi connectivity index (χ0) is 19.1. The van der Waals surface area contributed by atoms with Gasteiger partial charge in [0, 0.05) is 51.6 Å². The Balaban J connectivity index is 1.47. The molecule has 0 saturated carbocycles. The van der Waals surface area contributed by atoms with Gasteiger partial charge in [0.15, 0.2) is 5.96 Å². The molecule has 3 heterocycles. The fraction of sp³-hybridized carbons (Fsp3) is 0.889. The van der Waals surface area contributed by atoms with Crippen molar-refractivity contribution in [2.24, 2.45) is 4.99 Å². The number of hydrogen-bond donors (Lipinski definition) is 2. The van der Waals surface area contributed by atoms with Crippen LogP contribution in [-0.2, 0) is 9.53 Å². The van der Waals surface area contributed by atoms with Crippen LogP contribution >= 0.6 is 11.8 Å². The molecule has 0 aromatic carbocycles. The van der Waals surface area contributed by atoms with Crippen molar-refractivity contribution in [2.45, 2.75) is 18.9 Å². The molecule has 8 nitrogen and oxygen atoms in total. The number of morpholine rings is 1. The number of carbonyl (C=O) groups is 1. The first-order valence-electron chi connectivity index (χ1n) is 10.0. The van der Waals surface area contributed by atoms with Crippen LogP contribution in [0.2, 0.25) is 0 Å². The number of rotatable bonds is 5. The number of nitrogens with zero attached hydrogens (tertiary/aromatic N) is 4. The van der Waals surface area contributed by atoms with Crippen molar-refractivity contribution in [3.8, 4) is 0 Å². The van der Waals surface area contributed by atoms with Gasteiger partial charge in [-0.05, 0) is 19.1 Å². The SMILES string of the molecule is CCNC(=NCC1(O)CCSC1)N1CCN(CC(=O)N2CCOCC2)CC1. The molecule has 0 aliphatic carbocycles. The second-order valence-electron chi connectivity index (χ2n) is 7.45. The predicted octanol–water partition coefficient (Wildman–Crippen LogP) is -0.704. The van der Waals surface area contributed by atoms with Crippen LogP contribution in [0.3, 0.4) is 0 Å². The number of thioether (sulfide) groups is 1. The molecule has 3 aliphatic heterocycles. The summed E-state index contributed by atoms with van der Waals surface area (Å²) in [6, 6.07) is 0. The van der Waals surface area contributed by atoms with E-state index in [1.807, 2.05) is 4.90 Å². The van der Waals surface area contributed by atoms with Gasteiger partial charge in [0.1, 0.15) is 0 Å². The number of guanidine groups is 1. The molecule has 1 unspecified atom stereocenters. The van der Waals surface area contributed by atoms with E-state index in [1.54, 1.807) is 11.8 Å². The summed E-state index contributed by atoms with van der Waals surface area (Å²) in [5, 5.41) is 13.9. The van der Waals surface area contributed by atoms with Crippen molar-refractivity contribution in [3.05, 3.63) is 0 Å². The molecule has 0 spiro atoms. The lowest BCUT2D eigenvalue weighted by Crippen LogP contribution is -2.55. The van der Waals surface area contributed by atoms with Gasteiger partial charge in [-0.25, -0.2) is 0 Å². The minimum absolute atomic E-state index is 0.202. The smallest absolute Gasteiger partial charge is 0.236 e. The van der Waals surface area contributed by atoms with Gasteiger partial charge in [0.25, 0.3) is 0 Å². The van der Waals surface area contributed by atoms with Gasteiger partial charge in [0.2, 0.25) is 5.91 Å². The lowest BCUT2D eigenvalue weighted by Gasteiger charge is -2.37. The van der Waals surface area contributed by atoms with E-state index in [2.05, 4.69) is 22.0 Å². The average molecular weight is 400 g/mol. The molecule has 3 aliphatic rings. The molecule has 3 fully saturated rings. The lowest BCUT2D eigenvalue weighted by molar-refractivity contribution is -0.136. The Kier molecular flexibility index (Phi) is 7.63. The van der Waals surface area contributed by atoms with Crippen molar-refractivity contribution >= 4 is 23.6 Å². The van der Waals surface area contributed by atoms with E-state index >= 15 is 0 Å².